The predicted octanol–water partition coefficient (Wildman–Crippen LogP) is 2.94. The van der Waals surface area contributed by atoms with Crippen molar-refractivity contribution >= 4 is 39.4 Å². The van der Waals surface area contributed by atoms with Gasteiger partial charge in [-0.05, 0) is 40.0 Å². The van der Waals surface area contributed by atoms with Crippen molar-refractivity contribution in [3.05, 3.63) is 33.3 Å². The second-order valence-electron chi connectivity index (χ2n) is 4.16. The third kappa shape index (κ3) is 3.71. The molecule has 0 spiro atoms. The summed E-state index contributed by atoms with van der Waals surface area (Å²) in [5, 5.41) is 12.0. The summed E-state index contributed by atoms with van der Waals surface area (Å²) in [5.74, 6) is -1.68. The molecular weight excluding hydrogens is 321 g/mol. The molecule has 18 heavy (non-hydrogen) atoms. The SMILES string of the molecule is CC(C)[C@@H](NC(=O)c1ccc(Cl)c(Br)c1)C(=O)O. The molecule has 0 aliphatic carbocycles. The minimum Gasteiger partial charge on any atom is -0.480 e. The van der Waals surface area contributed by atoms with Gasteiger partial charge in [0, 0.05) is 10.0 Å². The van der Waals surface area contributed by atoms with Crippen LogP contribution in [-0.2, 0) is 4.79 Å². The first-order valence-electron chi connectivity index (χ1n) is 5.31. The van der Waals surface area contributed by atoms with Crippen molar-refractivity contribution in [1.29, 1.82) is 0 Å². The molecule has 0 aliphatic rings. The molecule has 6 heteroatoms. The van der Waals surface area contributed by atoms with E-state index in [4.69, 9.17) is 16.7 Å². The van der Waals surface area contributed by atoms with Crippen LogP contribution in [-0.4, -0.2) is 23.0 Å². The molecule has 0 fully saturated rings. The lowest BCUT2D eigenvalue weighted by atomic mass is 10.0. The predicted molar refractivity (Wildman–Crippen MR) is 72.9 cm³/mol. The summed E-state index contributed by atoms with van der Waals surface area (Å²) in [6, 6.07) is 3.76. The maximum atomic E-state index is 11.9. The summed E-state index contributed by atoms with van der Waals surface area (Å²) in [4.78, 5) is 22.9. The molecule has 1 aromatic carbocycles. The molecule has 1 rings (SSSR count). The average Bonchev–Trinajstić information content (AvgIpc) is 2.28. The van der Waals surface area contributed by atoms with E-state index in [0.717, 1.165) is 0 Å². The second-order valence-corrected chi connectivity index (χ2v) is 5.42. The molecule has 4 nitrogen and oxygen atoms in total. The van der Waals surface area contributed by atoms with Gasteiger partial charge < -0.3 is 10.4 Å². The Balaban J connectivity index is 2.87. The number of hydrogen-bond donors (Lipinski definition) is 2. The molecule has 0 saturated heterocycles. The van der Waals surface area contributed by atoms with E-state index in [1.165, 1.54) is 0 Å². The van der Waals surface area contributed by atoms with Gasteiger partial charge in [-0.3, -0.25) is 4.79 Å². The number of carbonyl (C=O) groups is 2. The fraction of sp³-hybridized carbons (Fsp3) is 0.333. The van der Waals surface area contributed by atoms with Crippen LogP contribution < -0.4 is 5.32 Å². The zero-order valence-corrected chi connectivity index (χ0v) is 12.2. The van der Waals surface area contributed by atoms with Crippen LogP contribution >= 0.6 is 27.5 Å². The normalized spacial score (nSPS) is 12.3. The van der Waals surface area contributed by atoms with Gasteiger partial charge in [0.15, 0.2) is 0 Å². The Hall–Kier alpha value is -1.07. The number of carboxylic acids is 1. The molecule has 0 saturated carbocycles. The highest BCUT2D eigenvalue weighted by atomic mass is 79.9. The van der Waals surface area contributed by atoms with Gasteiger partial charge >= 0.3 is 5.97 Å². The highest BCUT2D eigenvalue weighted by Gasteiger charge is 2.24. The Bertz CT molecular complexity index is 476. The van der Waals surface area contributed by atoms with Crippen molar-refractivity contribution in [2.24, 2.45) is 5.92 Å². The summed E-state index contributed by atoms with van der Waals surface area (Å²) in [7, 11) is 0. The molecule has 1 aromatic rings. The van der Waals surface area contributed by atoms with E-state index < -0.39 is 17.9 Å². The van der Waals surface area contributed by atoms with E-state index in [2.05, 4.69) is 21.2 Å². The van der Waals surface area contributed by atoms with Crippen LogP contribution in [0.25, 0.3) is 0 Å². The Morgan fingerprint density at radius 2 is 2.00 bits per heavy atom. The van der Waals surface area contributed by atoms with E-state index in [0.29, 0.717) is 15.1 Å². The van der Waals surface area contributed by atoms with Gasteiger partial charge in [0.05, 0.1) is 5.02 Å². The standard InChI is InChI=1S/C12H13BrClNO3/c1-6(2)10(12(17)18)15-11(16)7-3-4-9(14)8(13)5-7/h3-6,10H,1-2H3,(H,15,16)(H,17,18)/t10-/m1/s1. The van der Waals surface area contributed by atoms with Crippen LogP contribution in [0.3, 0.4) is 0 Å². The Kier molecular flexibility index (Phi) is 5.16. The van der Waals surface area contributed by atoms with E-state index in [1.54, 1.807) is 32.0 Å². The number of carboxylic acid groups (broad SMARTS) is 1. The molecular formula is C12H13BrClNO3. The first-order valence-corrected chi connectivity index (χ1v) is 6.48. The van der Waals surface area contributed by atoms with Gasteiger partial charge in [-0.15, -0.1) is 0 Å². The number of carbonyl (C=O) groups excluding carboxylic acids is 1. The number of halogens is 2. The number of amides is 1. The molecule has 0 heterocycles. The monoisotopic (exact) mass is 333 g/mol. The maximum Gasteiger partial charge on any atom is 0.326 e. The van der Waals surface area contributed by atoms with Crippen molar-refractivity contribution < 1.29 is 14.7 Å². The van der Waals surface area contributed by atoms with Crippen molar-refractivity contribution in [3.8, 4) is 0 Å². The Labute approximate surface area is 118 Å². The summed E-state index contributed by atoms with van der Waals surface area (Å²) in [6.45, 7) is 3.47. The minimum atomic E-state index is -1.05. The minimum absolute atomic E-state index is 0.192. The molecule has 1 amide bonds. The van der Waals surface area contributed by atoms with Crippen LogP contribution in [0.15, 0.2) is 22.7 Å². The molecule has 0 aliphatic heterocycles. The fourth-order valence-corrected chi connectivity index (χ4v) is 1.87. The van der Waals surface area contributed by atoms with Crippen molar-refractivity contribution in [1.82, 2.24) is 5.32 Å². The van der Waals surface area contributed by atoms with Crippen LogP contribution in [0.4, 0.5) is 0 Å². The van der Waals surface area contributed by atoms with Gasteiger partial charge in [-0.25, -0.2) is 4.79 Å². The van der Waals surface area contributed by atoms with Gasteiger partial charge in [0.1, 0.15) is 6.04 Å². The lowest BCUT2D eigenvalue weighted by Gasteiger charge is -2.18. The van der Waals surface area contributed by atoms with Gasteiger partial charge in [-0.2, -0.15) is 0 Å². The molecule has 98 valence electrons. The molecule has 2 N–H and O–H groups in total. The molecule has 0 aromatic heterocycles. The van der Waals surface area contributed by atoms with Crippen LogP contribution in [0.5, 0.6) is 0 Å². The zero-order valence-electron chi connectivity index (χ0n) is 9.91. The topological polar surface area (TPSA) is 66.4 Å². The molecule has 0 radical (unpaired) electrons. The van der Waals surface area contributed by atoms with E-state index >= 15 is 0 Å². The third-order valence-corrected chi connectivity index (χ3v) is 3.62. The number of nitrogens with one attached hydrogen (secondary N) is 1. The largest absolute Gasteiger partial charge is 0.480 e. The summed E-state index contributed by atoms with van der Waals surface area (Å²) in [6.07, 6.45) is 0. The van der Waals surface area contributed by atoms with E-state index in [9.17, 15) is 9.59 Å². The van der Waals surface area contributed by atoms with Gasteiger partial charge in [0.2, 0.25) is 0 Å². The highest BCUT2D eigenvalue weighted by Crippen LogP contribution is 2.23. The molecule has 0 unspecified atom stereocenters. The molecule has 0 bridgehead atoms. The van der Waals surface area contributed by atoms with Crippen molar-refractivity contribution in [2.45, 2.75) is 19.9 Å². The lowest BCUT2D eigenvalue weighted by Crippen LogP contribution is -2.44. The highest BCUT2D eigenvalue weighted by molar-refractivity contribution is 9.10. The maximum absolute atomic E-state index is 11.9. The first-order chi connectivity index (χ1) is 8.32. The molecule has 1 atom stereocenters. The third-order valence-electron chi connectivity index (χ3n) is 2.40. The average molecular weight is 335 g/mol. The number of rotatable bonds is 4. The fourth-order valence-electron chi connectivity index (χ4n) is 1.38. The Morgan fingerprint density at radius 1 is 1.39 bits per heavy atom. The van der Waals surface area contributed by atoms with Crippen LogP contribution in [0.1, 0.15) is 24.2 Å². The summed E-state index contributed by atoms with van der Waals surface area (Å²) in [5.41, 5.74) is 0.359. The Morgan fingerprint density at radius 3 is 2.44 bits per heavy atom. The number of hydrogen-bond acceptors (Lipinski definition) is 2. The number of benzene rings is 1. The van der Waals surface area contributed by atoms with Gasteiger partial charge in [-0.1, -0.05) is 25.4 Å². The lowest BCUT2D eigenvalue weighted by molar-refractivity contribution is -0.140. The van der Waals surface area contributed by atoms with E-state index in [1.807, 2.05) is 0 Å². The summed E-state index contributed by atoms with van der Waals surface area (Å²) < 4.78 is 0.591. The first kappa shape index (κ1) is 15.0. The van der Waals surface area contributed by atoms with Crippen LogP contribution in [0.2, 0.25) is 5.02 Å². The second kappa shape index (κ2) is 6.20. The quantitative estimate of drug-likeness (QED) is 0.889. The smallest absolute Gasteiger partial charge is 0.326 e. The van der Waals surface area contributed by atoms with Crippen molar-refractivity contribution in [2.75, 3.05) is 0 Å². The number of aliphatic carboxylic acids is 1. The van der Waals surface area contributed by atoms with Gasteiger partial charge in [0.25, 0.3) is 5.91 Å². The zero-order chi connectivity index (χ0) is 13.9. The summed E-state index contributed by atoms with van der Waals surface area (Å²) >= 11 is 9.03. The van der Waals surface area contributed by atoms with Crippen LogP contribution in [0, 0.1) is 5.92 Å². The van der Waals surface area contributed by atoms with E-state index in [-0.39, 0.29) is 5.92 Å². The van der Waals surface area contributed by atoms with Crippen molar-refractivity contribution in [3.63, 3.8) is 0 Å².